The molecule has 0 bridgehead atoms. The number of fused-ring (bicyclic) bond motifs is 1. The van der Waals surface area contributed by atoms with Crippen LogP contribution in [0, 0.1) is 0 Å². The van der Waals surface area contributed by atoms with Gasteiger partial charge >= 0.3 is 6.03 Å². The number of hydrogen-bond acceptors (Lipinski definition) is 7. The third-order valence-electron chi connectivity index (χ3n) is 5.61. The van der Waals surface area contributed by atoms with Crippen molar-refractivity contribution in [2.45, 2.75) is 13.1 Å². The highest BCUT2D eigenvalue weighted by Gasteiger charge is 2.23. The minimum Gasteiger partial charge on any atom is -0.497 e. The van der Waals surface area contributed by atoms with Gasteiger partial charge in [0.25, 0.3) is 0 Å². The van der Waals surface area contributed by atoms with Crippen molar-refractivity contribution in [3.63, 3.8) is 0 Å². The second-order valence-electron chi connectivity index (χ2n) is 8.09. The number of methoxy groups -OCH3 is 2. The number of amides is 3. The number of benzene rings is 2. The van der Waals surface area contributed by atoms with Gasteiger partial charge < -0.3 is 38.5 Å². The Bertz CT molecular complexity index is 1150. The third kappa shape index (κ3) is 6.48. The van der Waals surface area contributed by atoms with Crippen LogP contribution in [0.3, 0.4) is 0 Å². The van der Waals surface area contributed by atoms with Gasteiger partial charge in [0.05, 0.1) is 26.5 Å². The molecular weight excluding hydrogens is 466 g/mol. The number of carbonyl (C=O) groups excluding carboxylic acids is 2. The highest BCUT2D eigenvalue weighted by molar-refractivity contribution is 5.92. The number of urea groups is 1. The van der Waals surface area contributed by atoms with Gasteiger partial charge in [0.1, 0.15) is 18.1 Å². The Morgan fingerprint density at radius 3 is 2.50 bits per heavy atom. The Hall–Kier alpha value is -4.18. The molecule has 1 aliphatic heterocycles. The number of furan rings is 1. The van der Waals surface area contributed by atoms with Crippen LogP contribution < -0.4 is 19.5 Å². The predicted molar refractivity (Wildman–Crippen MR) is 131 cm³/mol. The number of nitrogens with zero attached hydrogens (tertiary/aromatic N) is 2. The SMILES string of the molecule is COCCN(CC(=O)N(Cc1ccc2c(c1)OCO2)Cc1ccco1)C(=O)Nc1ccc(OC)cc1. The molecule has 3 aromatic rings. The molecule has 36 heavy (non-hydrogen) atoms. The second kappa shape index (κ2) is 12.0. The van der Waals surface area contributed by atoms with E-state index in [0.29, 0.717) is 35.2 Å². The van der Waals surface area contributed by atoms with Crippen molar-refractivity contribution >= 4 is 17.6 Å². The van der Waals surface area contributed by atoms with E-state index in [-0.39, 0.29) is 38.9 Å². The summed E-state index contributed by atoms with van der Waals surface area (Å²) < 4.78 is 26.7. The molecule has 0 atom stereocenters. The monoisotopic (exact) mass is 495 g/mol. The Balaban J connectivity index is 1.48. The summed E-state index contributed by atoms with van der Waals surface area (Å²) in [4.78, 5) is 29.6. The Morgan fingerprint density at radius 1 is 0.972 bits per heavy atom. The van der Waals surface area contributed by atoms with Gasteiger partial charge in [-0.25, -0.2) is 4.79 Å². The van der Waals surface area contributed by atoms with Crippen molar-refractivity contribution in [3.05, 3.63) is 72.2 Å². The number of hydrogen-bond donors (Lipinski definition) is 1. The molecule has 0 radical (unpaired) electrons. The fourth-order valence-electron chi connectivity index (χ4n) is 3.68. The summed E-state index contributed by atoms with van der Waals surface area (Å²) >= 11 is 0. The quantitative estimate of drug-likeness (QED) is 0.432. The van der Waals surface area contributed by atoms with E-state index in [1.165, 1.54) is 4.90 Å². The summed E-state index contributed by atoms with van der Waals surface area (Å²) in [5.74, 6) is 2.37. The van der Waals surface area contributed by atoms with E-state index >= 15 is 0 Å². The van der Waals surface area contributed by atoms with Crippen molar-refractivity contribution in [1.82, 2.24) is 9.80 Å². The highest BCUT2D eigenvalue weighted by atomic mass is 16.7. The number of carbonyl (C=O) groups is 2. The van der Waals surface area contributed by atoms with Crippen LogP contribution in [0.4, 0.5) is 10.5 Å². The predicted octanol–water partition coefficient (Wildman–Crippen LogP) is 3.73. The van der Waals surface area contributed by atoms with E-state index in [2.05, 4.69) is 5.32 Å². The summed E-state index contributed by atoms with van der Waals surface area (Å²) in [6.07, 6.45) is 1.56. The van der Waals surface area contributed by atoms with Crippen LogP contribution in [-0.4, -0.2) is 62.4 Å². The molecule has 0 saturated carbocycles. The fraction of sp³-hybridized carbons (Fsp3) is 0.308. The van der Waals surface area contributed by atoms with Crippen molar-refractivity contribution in [2.75, 3.05) is 46.0 Å². The lowest BCUT2D eigenvalue weighted by atomic mass is 10.2. The summed E-state index contributed by atoms with van der Waals surface area (Å²) in [6.45, 7) is 1.10. The van der Waals surface area contributed by atoms with Crippen molar-refractivity contribution in [1.29, 1.82) is 0 Å². The lowest BCUT2D eigenvalue weighted by molar-refractivity contribution is -0.133. The van der Waals surface area contributed by atoms with Gasteiger partial charge in [0.2, 0.25) is 12.7 Å². The van der Waals surface area contributed by atoms with Gasteiger partial charge in [-0.1, -0.05) is 6.07 Å². The van der Waals surface area contributed by atoms with Crippen molar-refractivity contribution in [3.8, 4) is 17.2 Å². The first kappa shape index (κ1) is 24.9. The molecule has 10 heteroatoms. The molecule has 4 rings (SSSR count). The minimum atomic E-state index is -0.411. The molecule has 1 aliphatic rings. The molecule has 0 fully saturated rings. The second-order valence-corrected chi connectivity index (χ2v) is 8.09. The normalized spacial score (nSPS) is 11.7. The molecule has 0 saturated heterocycles. The van der Waals surface area contributed by atoms with Crippen LogP contribution in [0.15, 0.2) is 65.3 Å². The number of rotatable bonds is 11. The maximum absolute atomic E-state index is 13.5. The van der Waals surface area contributed by atoms with Gasteiger partial charge in [0, 0.05) is 25.9 Å². The minimum absolute atomic E-state index is 0.142. The Morgan fingerprint density at radius 2 is 1.78 bits per heavy atom. The van der Waals surface area contributed by atoms with Gasteiger partial charge in [0.15, 0.2) is 11.5 Å². The first-order valence-electron chi connectivity index (χ1n) is 11.4. The van der Waals surface area contributed by atoms with Crippen molar-refractivity contribution < 1.29 is 33.0 Å². The summed E-state index contributed by atoms with van der Waals surface area (Å²) in [7, 11) is 3.12. The molecule has 0 aliphatic carbocycles. The Labute approximate surface area is 209 Å². The van der Waals surface area contributed by atoms with Crippen LogP contribution >= 0.6 is 0 Å². The summed E-state index contributed by atoms with van der Waals surface area (Å²) in [5, 5.41) is 2.83. The number of ether oxygens (including phenoxy) is 4. The molecule has 2 heterocycles. The van der Waals surface area contributed by atoms with Gasteiger partial charge in [-0.05, 0) is 54.1 Å². The highest BCUT2D eigenvalue weighted by Crippen LogP contribution is 2.33. The van der Waals surface area contributed by atoms with E-state index in [1.807, 2.05) is 18.2 Å². The van der Waals surface area contributed by atoms with E-state index in [9.17, 15) is 9.59 Å². The number of nitrogens with one attached hydrogen (secondary N) is 1. The molecule has 0 unspecified atom stereocenters. The van der Waals surface area contributed by atoms with Crippen LogP contribution in [0.25, 0.3) is 0 Å². The van der Waals surface area contributed by atoms with Gasteiger partial charge in [-0.2, -0.15) is 0 Å². The zero-order valence-electron chi connectivity index (χ0n) is 20.3. The third-order valence-corrected chi connectivity index (χ3v) is 5.61. The van der Waals surface area contributed by atoms with Gasteiger partial charge in [-0.3, -0.25) is 4.79 Å². The van der Waals surface area contributed by atoms with Gasteiger partial charge in [-0.15, -0.1) is 0 Å². The average molecular weight is 496 g/mol. The van der Waals surface area contributed by atoms with Crippen LogP contribution in [0.1, 0.15) is 11.3 Å². The molecule has 190 valence electrons. The van der Waals surface area contributed by atoms with E-state index < -0.39 is 6.03 Å². The first-order chi connectivity index (χ1) is 17.6. The molecule has 0 spiro atoms. The molecular formula is C26H29N3O7. The Kier molecular flexibility index (Phi) is 8.30. The van der Waals surface area contributed by atoms with Crippen LogP contribution in [-0.2, 0) is 22.6 Å². The van der Waals surface area contributed by atoms with Crippen LogP contribution in [0.5, 0.6) is 17.2 Å². The maximum Gasteiger partial charge on any atom is 0.322 e. The summed E-state index contributed by atoms with van der Waals surface area (Å²) in [5.41, 5.74) is 1.45. The molecule has 2 aromatic carbocycles. The topological polar surface area (TPSA) is 103 Å². The zero-order chi connectivity index (χ0) is 25.3. The molecule has 10 nitrogen and oxygen atoms in total. The van der Waals surface area contributed by atoms with E-state index in [0.717, 1.165) is 5.56 Å². The van der Waals surface area contributed by atoms with Crippen molar-refractivity contribution in [2.24, 2.45) is 0 Å². The standard InChI is InChI=1S/C26H29N3O7/c1-32-13-11-28(26(31)27-20-6-8-21(33-2)9-7-20)17-25(30)29(16-22-4-3-12-34-22)15-19-5-10-23-24(14-19)36-18-35-23/h3-10,12,14H,11,13,15-18H2,1-2H3,(H,27,31). The molecule has 1 N–H and O–H groups in total. The average Bonchev–Trinajstić information content (AvgIpc) is 3.58. The zero-order valence-corrected chi connectivity index (χ0v) is 20.3. The fourth-order valence-corrected chi connectivity index (χ4v) is 3.68. The molecule has 3 amide bonds. The van der Waals surface area contributed by atoms with E-state index in [4.69, 9.17) is 23.4 Å². The first-order valence-corrected chi connectivity index (χ1v) is 11.4. The molecule has 1 aromatic heterocycles. The lowest BCUT2D eigenvalue weighted by Gasteiger charge is -2.27. The lowest BCUT2D eigenvalue weighted by Crippen LogP contribution is -2.45. The smallest absolute Gasteiger partial charge is 0.322 e. The number of anilines is 1. The van der Waals surface area contributed by atoms with Crippen LogP contribution in [0.2, 0.25) is 0 Å². The summed E-state index contributed by atoms with van der Waals surface area (Å²) in [6, 6.07) is 15.7. The van der Waals surface area contributed by atoms with E-state index in [1.54, 1.807) is 61.8 Å². The maximum atomic E-state index is 13.5. The largest absolute Gasteiger partial charge is 0.497 e.